The van der Waals surface area contributed by atoms with Crippen molar-refractivity contribution in [2.24, 2.45) is 0 Å². The SMILES string of the molecule is C/C(O)=C/C(=[OH+])c1ccccc1.C/C(O)=C/C(=[OH+])c1ccccc1.[Mo]. The Hall–Kier alpha value is -2.45. The molecule has 2 aromatic rings. The van der Waals surface area contributed by atoms with Crippen molar-refractivity contribution in [3.05, 3.63) is 95.5 Å². The quantitative estimate of drug-likeness (QED) is 0.256. The van der Waals surface area contributed by atoms with Gasteiger partial charge in [0.05, 0.1) is 34.8 Å². The third-order valence-electron chi connectivity index (χ3n) is 2.83. The van der Waals surface area contributed by atoms with Crippen LogP contribution in [0, 0.1) is 0 Å². The minimum Gasteiger partial charge on any atom is -0.512 e. The summed E-state index contributed by atoms with van der Waals surface area (Å²) in [6.07, 6.45) is 2.63. The summed E-state index contributed by atoms with van der Waals surface area (Å²) in [5, 5.41) is 17.7. The molecule has 25 heavy (non-hydrogen) atoms. The van der Waals surface area contributed by atoms with Crippen LogP contribution in [0.4, 0.5) is 0 Å². The van der Waals surface area contributed by atoms with E-state index in [2.05, 4.69) is 0 Å². The Morgan fingerprint density at radius 2 is 0.960 bits per heavy atom. The third kappa shape index (κ3) is 9.43. The summed E-state index contributed by atoms with van der Waals surface area (Å²) in [6, 6.07) is 18.1. The molecule has 0 fully saturated rings. The number of hydrogen-bond acceptors (Lipinski definition) is 2. The molecule has 0 unspecified atom stereocenters. The van der Waals surface area contributed by atoms with Crippen LogP contribution in [0.2, 0.25) is 0 Å². The van der Waals surface area contributed by atoms with Gasteiger partial charge in [0.1, 0.15) is 0 Å². The first-order chi connectivity index (χ1) is 11.4. The predicted molar refractivity (Wildman–Crippen MR) is 97.7 cm³/mol. The molecule has 0 aromatic heterocycles. The first kappa shape index (κ1) is 22.5. The number of carbonyl (C=O) groups excluding carboxylic acids is 2. The molecule has 0 aliphatic heterocycles. The van der Waals surface area contributed by atoms with Crippen LogP contribution in [0.1, 0.15) is 25.0 Å². The van der Waals surface area contributed by atoms with E-state index in [4.69, 9.17) is 10.2 Å². The van der Waals surface area contributed by atoms with E-state index in [1.165, 1.54) is 26.0 Å². The first-order valence-electron chi connectivity index (χ1n) is 7.37. The number of allylic oxidation sites excluding steroid dienone is 4. The molecule has 5 heteroatoms. The second-order valence-corrected chi connectivity index (χ2v) is 5.07. The van der Waals surface area contributed by atoms with Crippen LogP contribution in [-0.4, -0.2) is 31.4 Å². The fraction of sp³-hybridized carbons (Fsp3) is 0.100. The average Bonchev–Trinajstić information content (AvgIpc) is 2.56. The molecule has 0 spiro atoms. The average molecular weight is 422 g/mol. The number of aliphatic hydroxyl groups excluding tert-OH is 2. The molecule has 130 valence electrons. The maximum atomic E-state index is 9.37. The molecule has 2 aromatic carbocycles. The first-order valence-corrected chi connectivity index (χ1v) is 7.37. The van der Waals surface area contributed by atoms with Crippen LogP contribution >= 0.6 is 0 Å². The Morgan fingerprint density at radius 1 is 0.680 bits per heavy atom. The number of rotatable bonds is 4. The van der Waals surface area contributed by atoms with Crippen molar-refractivity contribution in [2.75, 3.05) is 0 Å². The number of benzene rings is 2. The molecule has 0 saturated carbocycles. The van der Waals surface area contributed by atoms with E-state index in [0.717, 1.165) is 0 Å². The second kappa shape index (κ2) is 12.0. The largest absolute Gasteiger partial charge is 0.512 e. The Balaban J connectivity index is 0.000000443. The Kier molecular flexibility index (Phi) is 10.8. The van der Waals surface area contributed by atoms with E-state index in [1.54, 1.807) is 24.3 Å². The fourth-order valence-electron chi connectivity index (χ4n) is 1.78. The summed E-state index contributed by atoms with van der Waals surface area (Å²) in [6.45, 7) is 3.03. The van der Waals surface area contributed by atoms with Crippen LogP contribution in [0.3, 0.4) is 0 Å². The second-order valence-electron chi connectivity index (χ2n) is 5.07. The summed E-state index contributed by atoms with van der Waals surface area (Å²) < 4.78 is 0. The molecule has 0 aliphatic carbocycles. The van der Waals surface area contributed by atoms with Gasteiger partial charge in [-0.15, -0.1) is 0 Å². The van der Waals surface area contributed by atoms with Gasteiger partial charge in [-0.1, -0.05) is 36.4 Å². The normalized spacial score (nSPS) is 10.8. The van der Waals surface area contributed by atoms with Crippen LogP contribution in [0.25, 0.3) is 0 Å². The molecule has 0 saturated heterocycles. The molecule has 0 aliphatic rings. The zero-order valence-electron chi connectivity index (χ0n) is 14.1. The van der Waals surface area contributed by atoms with Gasteiger partial charge in [-0.25, -0.2) is 0 Å². The van der Waals surface area contributed by atoms with Gasteiger partial charge in [-0.3, -0.25) is 9.59 Å². The smallest absolute Gasteiger partial charge is 0.350 e. The summed E-state index contributed by atoms with van der Waals surface area (Å²) in [5.41, 5.74) is 1.40. The molecule has 0 atom stereocenters. The standard InChI is InChI=1S/2C10H10O2.Mo/c2*1-8(11)7-10(12)9-5-3-2-4-6-9;/h2*2-7,11H,1H3;/p+2/b2*8-7-;. The monoisotopic (exact) mass is 424 g/mol. The van der Waals surface area contributed by atoms with Crippen molar-refractivity contribution in [1.29, 1.82) is 0 Å². The molecule has 0 radical (unpaired) electrons. The summed E-state index contributed by atoms with van der Waals surface area (Å²) in [7, 11) is 0. The zero-order valence-corrected chi connectivity index (χ0v) is 16.1. The van der Waals surface area contributed by atoms with Crippen LogP contribution in [0.15, 0.2) is 84.3 Å². The van der Waals surface area contributed by atoms with Gasteiger partial charge < -0.3 is 10.2 Å². The fourth-order valence-corrected chi connectivity index (χ4v) is 1.78. The van der Waals surface area contributed by atoms with Crippen molar-refractivity contribution in [3.63, 3.8) is 0 Å². The van der Waals surface area contributed by atoms with Crippen molar-refractivity contribution >= 4 is 11.6 Å². The van der Waals surface area contributed by atoms with Gasteiger partial charge in [-0.05, 0) is 38.1 Å². The molecule has 0 heterocycles. The van der Waals surface area contributed by atoms with E-state index in [0.29, 0.717) is 11.1 Å². The molecular weight excluding hydrogens is 400 g/mol. The van der Waals surface area contributed by atoms with Crippen LogP contribution < -0.4 is 0 Å². The van der Waals surface area contributed by atoms with Gasteiger partial charge in [0.2, 0.25) is 0 Å². The molecule has 2 rings (SSSR count). The summed E-state index contributed by atoms with van der Waals surface area (Å²) in [4.78, 5) is 18.7. The van der Waals surface area contributed by atoms with E-state index in [-0.39, 0.29) is 44.2 Å². The number of hydrogen-bond donors (Lipinski definition) is 2. The van der Waals surface area contributed by atoms with Gasteiger partial charge in [0.25, 0.3) is 0 Å². The van der Waals surface area contributed by atoms with Crippen molar-refractivity contribution in [1.82, 2.24) is 0 Å². The third-order valence-corrected chi connectivity index (χ3v) is 2.83. The molecular formula is C20H22MoO4+2. The number of ketones is 2. The van der Waals surface area contributed by atoms with Crippen LogP contribution in [-0.2, 0) is 21.1 Å². The summed E-state index contributed by atoms with van der Waals surface area (Å²) >= 11 is 0. The van der Waals surface area contributed by atoms with Gasteiger partial charge >= 0.3 is 11.6 Å². The minimum atomic E-state index is 0. The van der Waals surface area contributed by atoms with Gasteiger partial charge in [0.15, 0.2) is 0 Å². The van der Waals surface area contributed by atoms with E-state index in [1.807, 2.05) is 36.4 Å². The Bertz CT molecular complexity index is 661. The Morgan fingerprint density at radius 3 is 1.20 bits per heavy atom. The van der Waals surface area contributed by atoms with E-state index < -0.39 is 0 Å². The van der Waals surface area contributed by atoms with Gasteiger partial charge in [-0.2, -0.15) is 0 Å². The molecule has 0 bridgehead atoms. The maximum absolute atomic E-state index is 9.37. The summed E-state index contributed by atoms with van der Waals surface area (Å²) in [5.74, 6) is 0.346. The van der Waals surface area contributed by atoms with E-state index >= 15 is 0 Å². The Labute approximate surface area is 161 Å². The van der Waals surface area contributed by atoms with Crippen molar-refractivity contribution < 1.29 is 40.9 Å². The molecule has 0 amide bonds. The predicted octanol–water partition coefficient (Wildman–Crippen LogP) is 4.08. The number of aliphatic hydroxyl groups is 2. The zero-order chi connectivity index (χ0) is 17.9. The van der Waals surface area contributed by atoms with Gasteiger partial charge in [0, 0.05) is 21.1 Å². The molecule has 4 nitrogen and oxygen atoms in total. The maximum Gasteiger partial charge on any atom is 0.350 e. The minimum absolute atomic E-state index is 0. The van der Waals surface area contributed by atoms with Crippen molar-refractivity contribution in [2.45, 2.75) is 13.8 Å². The van der Waals surface area contributed by atoms with Crippen molar-refractivity contribution in [3.8, 4) is 0 Å². The van der Waals surface area contributed by atoms with E-state index in [9.17, 15) is 9.59 Å². The van der Waals surface area contributed by atoms with Crippen LogP contribution in [0.5, 0.6) is 0 Å². The topological polar surface area (TPSA) is 83.3 Å². The molecule has 4 N–H and O–H groups in total.